The third-order valence-corrected chi connectivity index (χ3v) is 5.94. The normalized spacial score (nSPS) is 37.2. The Bertz CT molecular complexity index is 520. The topological polar surface area (TPSA) is 46.9 Å². The van der Waals surface area contributed by atoms with Gasteiger partial charge in [-0.05, 0) is 69.6 Å². The van der Waals surface area contributed by atoms with Crippen LogP contribution in [0.1, 0.15) is 52.0 Å². The number of hydrogen-bond donors (Lipinski definition) is 1. The molecule has 1 aromatic heterocycles. The molecule has 0 spiro atoms. The van der Waals surface area contributed by atoms with Gasteiger partial charge >= 0.3 is 0 Å². The van der Waals surface area contributed by atoms with Gasteiger partial charge in [0, 0.05) is 18.0 Å². The third kappa shape index (κ3) is 2.19. The molecule has 0 aliphatic heterocycles. The SMILES string of the molecule is CC(C)n1nccc1NC(=O)C1C2CC3CC(C2)CC1C3. The van der Waals surface area contributed by atoms with Crippen molar-refractivity contribution in [3.05, 3.63) is 12.3 Å². The van der Waals surface area contributed by atoms with Crippen LogP contribution in [-0.2, 0) is 4.79 Å². The second-order valence-electron chi connectivity index (χ2n) is 7.70. The van der Waals surface area contributed by atoms with Gasteiger partial charge in [-0.2, -0.15) is 5.10 Å². The van der Waals surface area contributed by atoms with E-state index in [-0.39, 0.29) is 17.9 Å². The van der Waals surface area contributed by atoms with E-state index in [0.717, 1.165) is 17.7 Å². The lowest BCUT2D eigenvalue weighted by Gasteiger charge is -2.53. The molecule has 1 amide bonds. The Kier molecular flexibility index (Phi) is 3.09. The first kappa shape index (κ1) is 13.4. The smallest absolute Gasteiger partial charge is 0.229 e. The number of aromatic nitrogens is 2. The Morgan fingerprint density at radius 2 is 1.81 bits per heavy atom. The molecule has 4 heteroatoms. The highest BCUT2D eigenvalue weighted by Gasteiger charge is 2.50. The van der Waals surface area contributed by atoms with Crippen molar-refractivity contribution in [2.45, 2.75) is 52.0 Å². The highest BCUT2D eigenvalue weighted by Crippen LogP contribution is 2.56. The summed E-state index contributed by atoms with van der Waals surface area (Å²) < 4.78 is 1.90. The van der Waals surface area contributed by atoms with E-state index in [1.807, 2.05) is 10.7 Å². The molecule has 0 aromatic carbocycles. The molecular formula is C17H25N3O. The maximum atomic E-state index is 12.8. The number of amides is 1. The molecule has 4 fully saturated rings. The number of anilines is 1. The Morgan fingerprint density at radius 3 is 2.38 bits per heavy atom. The van der Waals surface area contributed by atoms with Crippen LogP contribution < -0.4 is 5.32 Å². The molecule has 0 atom stereocenters. The average Bonchev–Trinajstić information content (AvgIpc) is 2.85. The van der Waals surface area contributed by atoms with E-state index in [1.165, 1.54) is 32.1 Å². The Balaban J connectivity index is 1.51. The molecular weight excluding hydrogens is 262 g/mol. The highest BCUT2D eigenvalue weighted by molar-refractivity contribution is 5.92. The zero-order chi connectivity index (χ0) is 14.6. The van der Waals surface area contributed by atoms with Gasteiger partial charge in [-0.25, -0.2) is 4.68 Å². The summed E-state index contributed by atoms with van der Waals surface area (Å²) in [7, 11) is 0. The van der Waals surface area contributed by atoms with Crippen LogP contribution in [0.2, 0.25) is 0 Å². The summed E-state index contributed by atoms with van der Waals surface area (Å²) in [5, 5.41) is 7.47. The predicted molar refractivity (Wildman–Crippen MR) is 81.8 cm³/mol. The van der Waals surface area contributed by atoms with Crippen molar-refractivity contribution >= 4 is 11.7 Å². The molecule has 4 nitrogen and oxygen atoms in total. The van der Waals surface area contributed by atoms with Crippen molar-refractivity contribution in [3.63, 3.8) is 0 Å². The largest absolute Gasteiger partial charge is 0.311 e. The summed E-state index contributed by atoms with van der Waals surface area (Å²) in [5.74, 6) is 4.44. The summed E-state index contributed by atoms with van der Waals surface area (Å²) in [5.41, 5.74) is 0. The fourth-order valence-electron chi connectivity index (χ4n) is 5.39. The van der Waals surface area contributed by atoms with Crippen molar-refractivity contribution < 1.29 is 4.79 Å². The van der Waals surface area contributed by atoms with Crippen LogP contribution >= 0.6 is 0 Å². The fraction of sp³-hybridized carbons (Fsp3) is 0.765. The number of rotatable bonds is 3. The molecule has 4 aliphatic carbocycles. The number of carbonyl (C=O) groups is 1. The summed E-state index contributed by atoms with van der Waals surface area (Å²) in [6, 6.07) is 2.18. The lowest BCUT2D eigenvalue weighted by molar-refractivity contribution is -0.132. The first-order valence-corrected chi connectivity index (χ1v) is 8.46. The van der Waals surface area contributed by atoms with Gasteiger partial charge in [-0.3, -0.25) is 4.79 Å². The van der Waals surface area contributed by atoms with E-state index >= 15 is 0 Å². The van der Waals surface area contributed by atoms with E-state index in [1.54, 1.807) is 6.20 Å². The van der Waals surface area contributed by atoms with E-state index in [0.29, 0.717) is 11.8 Å². The zero-order valence-corrected chi connectivity index (χ0v) is 13.0. The minimum atomic E-state index is 0.242. The molecule has 0 radical (unpaired) electrons. The molecule has 4 bridgehead atoms. The van der Waals surface area contributed by atoms with Gasteiger partial charge in [0.15, 0.2) is 0 Å². The van der Waals surface area contributed by atoms with E-state index < -0.39 is 0 Å². The average molecular weight is 287 g/mol. The summed E-state index contributed by atoms with van der Waals surface area (Å²) in [6.07, 6.45) is 8.35. The van der Waals surface area contributed by atoms with Gasteiger partial charge in [-0.1, -0.05) is 0 Å². The third-order valence-electron chi connectivity index (χ3n) is 5.94. The quantitative estimate of drug-likeness (QED) is 0.925. The van der Waals surface area contributed by atoms with Crippen LogP contribution in [0.25, 0.3) is 0 Å². The Hall–Kier alpha value is -1.32. The monoisotopic (exact) mass is 287 g/mol. The Labute approximate surface area is 126 Å². The van der Waals surface area contributed by atoms with Crippen molar-refractivity contribution in [1.82, 2.24) is 9.78 Å². The van der Waals surface area contributed by atoms with Gasteiger partial charge in [0.1, 0.15) is 5.82 Å². The maximum absolute atomic E-state index is 12.8. The minimum absolute atomic E-state index is 0.242. The van der Waals surface area contributed by atoms with Crippen molar-refractivity contribution in [1.29, 1.82) is 0 Å². The van der Waals surface area contributed by atoms with Crippen LogP contribution in [-0.4, -0.2) is 15.7 Å². The van der Waals surface area contributed by atoms with Gasteiger partial charge in [-0.15, -0.1) is 0 Å². The van der Waals surface area contributed by atoms with Crippen LogP contribution in [0.5, 0.6) is 0 Å². The van der Waals surface area contributed by atoms with E-state index in [2.05, 4.69) is 24.3 Å². The molecule has 1 aromatic rings. The Morgan fingerprint density at radius 1 is 1.19 bits per heavy atom. The van der Waals surface area contributed by atoms with Gasteiger partial charge in [0.05, 0.1) is 6.20 Å². The van der Waals surface area contributed by atoms with Crippen LogP contribution in [0.3, 0.4) is 0 Å². The lowest BCUT2D eigenvalue weighted by atomic mass is 9.51. The lowest BCUT2D eigenvalue weighted by Crippen LogP contribution is -2.49. The minimum Gasteiger partial charge on any atom is -0.311 e. The molecule has 0 saturated heterocycles. The van der Waals surface area contributed by atoms with Gasteiger partial charge in [0.25, 0.3) is 0 Å². The van der Waals surface area contributed by atoms with Crippen molar-refractivity contribution in [3.8, 4) is 0 Å². The van der Waals surface area contributed by atoms with Gasteiger partial charge < -0.3 is 5.32 Å². The number of nitrogens with one attached hydrogen (secondary N) is 1. The molecule has 4 aliphatic rings. The van der Waals surface area contributed by atoms with Crippen LogP contribution in [0, 0.1) is 29.6 Å². The number of nitrogens with zero attached hydrogens (tertiary/aromatic N) is 2. The van der Waals surface area contributed by atoms with Crippen molar-refractivity contribution in [2.75, 3.05) is 5.32 Å². The number of hydrogen-bond acceptors (Lipinski definition) is 2. The molecule has 1 N–H and O–H groups in total. The molecule has 21 heavy (non-hydrogen) atoms. The van der Waals surface area contributed by atoms with Gasteiger partial charge in [0.2, 0.25) is 5.91 Å². The van der Waals surface area contributed by atoms with E-state index in [4.69, 9.17) is 0 Å². The summed E-state index contributed by atoms with van der Waals surface area (Å²) in [4.78, 5) is 12.8. The fourth-order valence-corrected chi connectivity index (χ4v) is 5.39. The second-order valence-corrected chi connectivity index (χ2v) is 7.70. The maximum Gasteiger partial charge on any atom is 0.229 e. The van der Waals surface area contributed by atoms with Crippen LogP contribution in [0.15, 0.2) is 12.3 Å². The molecule has 5 rings (SSSR count). The second kappa shape index (κ2) is 4.85. The number of carbonyl (C=O) groups excluding carboxylic acids is 1. The first-order chi connectivity index (χ1) is 10.1. The molecule has 1 heterocycles. The molecule has 114 valence electrons. The summed E-state index contributed by atoms with van der Waals surface area (Å²) >= 11 is 0. The molecule has 0 unspecified atom stereocenters. The zero-order valence-electron chi connectivity index (χ0n) is 13.0. The van der Waals surface area contributed by atoms with Crippen LogP contribution in [0.4, 0.5) is 5.82 Å². The van der Waals surface area contributed by atoms with Crippen molar-refractivity contribution in [2.24, 2.45) is 29.6 Å². The first-order valence-electron chi connectivity index (χ1n) is 8.46. The molecule has 4 saturated carbocycles. The predicted octanol–water partition coefficient (Wildman–Crippen LogP) is 3.47. The highest BCUT2D eigenvalue weighted by atomic mass is 16.2. The summed E-state index contributed by atoms with van der Waals surface area (Å²) in [6.45, 7) is 4.18. The van der Waals surface area contributed by atoms with E-state index in [9.17, 15) is 4.79 Å². The standard InChI is InChI=1S/C17H25N3O/c1-10(2)20-15(3-4-18-20)19-17(21)16-13-6-11-5-12(8-13)9-14(16)7-11/h3-4,10-14,16H,5-9H2,1-2H3,(H,19,21).